The van der Waals surface area contributed by atoms with Crippen molar-refractivity contribution in [1.82, 2.24) is 5.32 Å². The summed E-state index contributed by atoms with van der Waals surface area (Å²) in [6, 6.07) is 10.9. The molecule has 1 N–H and O–H groups in total. The maximum atomic E-state index is 12.1. The van der Waals surface area contributed by atoms with Crippen molar-refractivity contribution in [2.75, 3.05) is 0 Å². The minimum absolute atomic E-state index is 0.130. The molecule has 2 rings (SSSR count). The first kappa shape index (κ1) is 25.1. The van der Waals surface area contributed by atoms with Gasteiger partial charge in [-0.15, -0.1) is 0 Å². The van der Waals surface area contributed by atoms with Gasteiger partial charge in [-0.2, -0.15) is 0 Å². The highest BCUT2D eigenvalue weighted by molar-refractivity contribution is 6.06. The Labute approximate surface area is 179 Å². The summed E-state index contributed by atoms with van der Waals surface area (Å²) in [4.78, 5) is 35.9. The van der Waals surface area contributed by atoms with Crippen LogP contribution in [0.25, 0.3) is 17.4 Å². The minimum atomic E-state index is -0.429. The number of hydrogen-bond acceptors (Lipinski definition) is 4. The first-order chi connectivity index (χ1) is 14.3. The Kier molecular flexibility index (Phi) is 10.5. The maximum absolute atomic E-state index is 12.1. The van der Waals surface area contributed by atoms with Gasteiger partial charge in [0.1, 0.15) is 11.5 Å². The number of imide groups is 1. The molecule has 1 aromatic carbocycles. The Balaban J connectivity index is 0.00000218. The van der Waals surface area contributed by atoms with Crippen LogP contribution in [0.5, 0.6) is 0 Å². The van der Waals surface area contributed by atoms with Crippen LogP contribution >= 0.6 is 0 Å². The number of carbonyl (C=O) groups excluding carboxylic acids is 3. The van der Waals surface area contributed by atoms with Crippen LogP contribution in [-0.4, -0.2) is 17.6 Å². The van der Waals surface area contributed by atoms with Crippen LogP contribution in [0.3, 0.4) is 0 Å². The van der Waals surface area contributed by atoms with Crippen molar-refractivity contribution in [2.45, 2.75) is 60.8 Å². The predicted octanol–water partition coefficient (Wildman–Crippen LogP) is 6.05. The van der Waals surface area contributed by atoms with Crippen molar-refractivity contribution in [1.29, 1.82) is 0 Å². The molecular weight excluding hydrogens is 378 g/mol. The molecule has 1 heterocycles. The smallest absolute Gasteiger partial charge is 0.253 e. The summed E-state index contributed by atoms with van der Waals surface area (Å²) in [6.45, 7) is 11.3. The standard InChI is InChI=1S/C23H27NO4.C2H6/c1-5-7-20(25)17-8-10-18(11-9-17)21-13-12-19(28-21)14-16(4)23(27)24-22(26)15(3)6-2;1-2/h8-15H,5-7H2,1-4H3,(H,24,26,27);1-2H3/b16-14-;. The van der Waals surface area contributed by atoms with Crippen molar-refractivity contribution < 1.29 is 18.8 Å². The molecule has 162 valence electrons. The Bertz CT molecular complexity index is 875. The highest BCUT2D eigenvalue weighted by atomic mass is 16.3. The normalized spacial score (nSPS) is 11.9. The molecule has 1 aromatic heterocycles. The number of carbonyl (C=O) groups is 3. The van der Waals surface area contributed by atoms with Crippen molar-refractivity contribution in [2.24, 2.45) is 5.92 Å². The molecule has 1 unspecified atom stereocenters. The van der Waals surface area contributed by atoms with Gasteiger partial charge in [0.2, 0.25) is 5.91 Å². The van der Waals surface area contributed by atoms with E-state index in [-0.39, 0.29) is 17.6 Å². The monoisotopic (exact) mass is 411 g/mol. The Morgan fingerprint density at radius 2 is 1.67 bits per heavy atom. The Morgan fingerprint density at radius 1 is 1.03 bits per heavy atom. The van der Waals surface area contributed by atoms with Gasteiger partial charge < -0.3 is 4.42 Å². The number of Topliss-reactive ketones (excluding diaryl/α,β-unsaturated/α-hetero) is 1. The quantitative estimate of drug-likeness (QED) is 0.424. The van der Waals surface area contributed by atoms with Crippen LogP contribution < -0.4 is 5.32 Å². The van der Waals surface area contributed by atoms with Gasteiger partial charge in [0, 0.05) is 29.0 Å². The van der Waals surface area contributed by atoms with Crippen molar-refractivity contribution in [3.63, 3.8) is 0 Å². The molecule has 0 fully saturated rings. The molecule has 5 nitrogen and oxygen atoms in total. The topological polar surface area (TPSA) is 76.4 Å². The lowest BCUT2D eigenvalue weighted by Crippen LogP contribution is -2.34. The van der Waals surface area contributed by atoms with Crippen LogP contribution in [0.2, 0.25) is 0 Å². The summed E-state index contributed by atoms with van der Waals surface area (Å²) in [5, 5.41) is 2.40. The van der Waals surface area contributed by atoms with Gasteiger partial charge in [-0.25, -0.2) is 0 Å². The van der Waals surface area contributed by atoms with E-state index >= 15 is 0 Å². The Hall–Kier alpha value is -2.95. The van der Waals surface area contributed by atoms with Crippen LogP contribution in [0.15, 0.2) is 46.4 Å². The molecular formula is C25H33NO4. The third-order valence-corrected chi connectivity index (χ3v) is 4.61. The zero-order chi connectivity index (χ0) is 22.7. The fraction of sp³-hybridized carbons (Fsp3) is 0.400. The number of ketones is 1. The van der Waals surface area contributed by atoms with Gasteiger partial charge in [-0.1, -0.05) is 58.9 Å². The van der Waals surface area contributed by atoms with E-state index in [1.807, 2.05) is 45.9 Å². The molecule has 2 aromatic rings. The van der Waals surface area contributed by atoms with Crippen LogP contribution in [0.4, 0.5) is 0 Å². The van der Waals surface area contributed by atoms with E-state index in [9.17, 15) is 14.4 Å². The molecule has 0 radical (unpaired) electrons. The van der Waals surface area contributed by atoms with E-state index in [1.54, 1.807) is 38.1 Å². The number of benzene rings is 1. The minimum Gasteiger partial charge on any atom is -0.457 e. The first-order valence-corrected chi connectivity index (χ1v) is 10.6. The molecule has 0 aliphatic heterocycles. The van der Waals surface area contributed by atoms with E-state index in [0.29, 0.717) is 35.5 Å². The average molecular weight is 412 g/mol. The van der Waals surface area contributed by atoms with Crippen molar-refractivity contribution >= 4 is 23.7 Å². The fourth-order valence-electron chi connectivity index (χ4n) is 2.58. The van der Waals surface area contributed by atoms with E-state index in [2.05, 4.69) is 5.32 Å². The molecule has 0 spiro atoms. The number of amides is 2. The lowest BCUT2D eigenvalue weighted by Gasteiger charge is -2.08. The van der Waals surface area contributed by atoms with Gasteiger partial charge in [-0.05, 0) is 38.0 Å². The second kappa shape index (κ2) is 12.6. The third kappa shape index (κ3) is 7.14. The summed E-state index contributed by atoms with van der Waals surface area (Å²) < 4.78 is 5.79. The number of hydrogen-bond donors (Lipinski definition) is 1. The lowest BCUT2D eigenvalue weighted by atomic mass is 10.0. The van der Waals surface area contributed by atoms with E-state index in [4.69, 9.17) is 4.42 Å². The summed E-state index contributed by atoms with van der Waals surface area (Å²) in [5.74, 6) is 0.374. The molecule has 0 saturated heterocycles. The van der Waals surface area contributed by atoms with Gasteiger partial charge >= 0.3 is 0 Å². The van der Waals surface area contributed by atoms with Crippen LogP contribution in [0.1, 0.15) is 76.9 Å². The molecule has 2 amide bonds. The van der Waals surface area contributed by atoms with Crippen LogP contribution in [0, 0.1) is 5.92 Å². The zero-order valence-corrected chi connectivity index (χ0v) is 18.9. The van der Waals surface area contributed by atoms with Gasteiger partial charge in [0.25, 0.3) is 5.91 Å². The second-order valence-corrected chi connectivity index (χ2v) is 6.91. The number of rotatable bonds is 8. The van der Waals surface area contributed by atoms with Gasteiger partial charge in [0.15, 0.2) is 5.78 Å². The molecule has 5 heteroatoms. The summed E-state index contributed by atoms with van der Waals surface area (Å²) >= 11 is 0. The predicted molar refractivity (Wildman–Crippen MR) is 121 cm³/mol. The number of nitrogens with one attached hydrogen (secondary N) is 1. The molecule has 0 bridgehead atoms. The first-order valence-electron chi connectivity index (χ1n) is 10.6. The fourth-order valence-corrected chi connectivity index (χ4v) is 2.58. The Morgan fingerprint density at radius 3 is 2.23 bits per heavy atom. The van der Waals surface area contributed by atoms with Crippen molar-refractivity contribution in [3.05, 3.63) is 53.3 Å². The highest BCUT2D eigenvalue weighted by Gasteiger charge is 2.15. The van der Waals surface area contributed by atoms with E-state index < -0.39 is 5.91 Å². The van der Waals surface area contributed by atoms with E-state index in [1.165, 1.54) is 0 Å². The molecule has 30 heavy (non-hydrogen) atoms. The lowest BCUT2D eigenvalue weighted by molar-refractivity contribution is -0.130. The van der Waals surface area contributed by atoms with Gasteiger partial charge in [-0.3, -0.25) is 19.7 Å². The third-order valence-electron chi connectivity index (χ3n) is 4.61. The van der Waals surface area contributed by atoms with Crippen molar-refractivity contribution in [3.8, 4) is 11.3 Å². The summed E-state index contributed by atoms with van der Waals surface area (Å²) in [6.07, 6.45) is 3.63. The van der Waals surface area contributed by atoms with E-state index in [0.717, 1.165) is 12.0 Å². The SMILES string of the molecule is CC.CCCC(=O)c1ccc(-c2ccc(/C=C(/C)C(=O)NC(=O)C(C)CC)o2)cc1. The molecule has 1 atom stereocenters. The second-order valence-electron chi connectivity index (χ2n) is 6.91. The summed E-state index contributed by atoms with van der Waals surface area (Å²) in [5.41, 5.74) is 1.93. The summed E-state index contributed by atoms with van der Waals surface area (Å²) in [7, 11) is 0. The molecule has 0 aliphatic rings. The molecule has 0 aliphatic carbocycles. The highest BCUT2D eigenvalue weighted by Crippen LogP contribution is 2.24. The van der Waals surface area contributed by atoms with Crippen LogP contribution in [-0.2, 0) is 9.59 Å². The molecule has 0 saturated carbocycles. The van der Waals surface area contributed by atoms with Gasteiger partial charge in [0.05, 0.1) is 0 Å². The number of furan rings is 1. The largest absolute Gasteiger partial charge is 0.457 e. The maximum Gasteiger partial charge on any atom is 0.253 e. The zero-order valence-electron chi connectivity index (χ0n) is 18.9. The average Bonchev–Trinajstić information content (AvgIpc) is 3.23.